The summed E-state index contributed by atoms with van der Waals surface area (Å²) in [5, 5.41) is 12.4. The quantitative estimate of drug-likeness (QED) is 0.671. The lowest BCUT2D eigenvalue weighted by atomic mass is 10.0. The minimum Gasteiger partial charge on any atom is -0.491 e. The summed E-state index contributed by atoms with van der Waals surface area (Å²) in [4.78, 5) is 0. The maximum atomic E-state index is 8.94. The van der Waals surface area contributed by atoms with Crippen molar-refractivity contribution < 1.29 is 9.84 Å². The van der Waals surface area contributed by atoms with Gasteiger partial charge in [0.2, 0.25) is 0 Å². The largest absolute Gasteiger partial charge is 0.491 e. The average molecular weight is 266 g/mol. The van der Waals surface area contributed by atoms with Gasteiger partial charge in [-0.05, 0) is 44.9 Å². The summed E-state index contributed by atoms with van der Waals surface area (Å²) in [7, 11) is 0. The van der Waals surface area contributed by atoms with Crippen molar-refractivity contribution in [2.45, 2.75) is 45.4 Å². The predicted octanol–water partition coefficient (Wildman–Crippen LogP) is 1.83. The number of aliphatic hydroxyl groups excluding tert-OH is 1. The summed E-state index contributed by atoms with van der Waals surface area (Å²) in [5.74, 6) is 0.863. The van der Waals surface area contributed by atoms with Gasteiger partial charge in [0, 0.05) is 25.2 Å². The molecule has 108 valence electrons. The van der Waals surface area contributed by atoms with Gasteiger partial charge in [0.25, 0.3) is 0 Å². The fourth-order valence-corrected chi connectivity index (χ4v) is 2.00. The van der Waals surface area contributed by atoms with Crippen LogP contribution in [-0.2, 0) is 0 Å². The van der Waals surface area contributed by atoms with E-state index in [1.807, 2.05) is 45.0 Å². The minimum atomic E-state index is 0.0808. The van der Waals surface area contributed by atoms with Gasteiger partial charge in [-0.3, -0.25) is 0 Å². The first kappa shape index (κ1) is 16.0. The molecule has 2 unspecified atom stereocenters. The Kier molecular flexibility index (Phi) is 6.84. The molecule has 4 heteroatoms. The molecule has 2 atom stereocenters. The second kappa shape index (κ2) is 8.15. The van der Waals surface area contributed by atoms with Crippen molar-refractivity contribution in [3.8, 4) is 5.75 Å². The molecular weight excluding hydrogens is 240 g/mol. The zero-order chi connectivity index (χ0) is 14.3. The summed E-state index contributed by atoms with van der Waals surface area (Å²) >= 11 is 0. The van der Waals surface area contributed by atoms with E-state index in [4.69, 9.17) is 15.6 Å². The van der Waals surface area contributed by atoms with E-state index in [-0.39, 0.29) is 24.8 Å². The first-order valence-electron chi connectivity index (χ1n) is 6.90. The lowest BCUT2D eigenvalue weighted by molar-refractivity contribution is 0.241. The molecule has 0 saturated heterocycles. The van der Waals surface area contributed by atoms with Crippen molar-refractivity contribution in [2.24, 2.45) is 5.73 Å². The van der Waals surface area contributed by atoms with E-state index in [0.717, 1.165) is 17.7 Å². The Balaban J connectivity index is 2.74. The number of benzene rings is 1. The summed E-state index contributed by atoms with van der Waals surface area (Å²) in [6.07, 6.45) is 0.881. The molecule has 0 aromatic heterocycles. The lowest BCUT2D eigenvalue weighted by Crippen LogP contribution is -2.35. The van der Waals surface area contributed by atoms with Crippen LogP contribution in [0.25, 0.3) is 0 Å². The summed E-state index contributed by atoms with van der Waals surface area (Å²) in [6.45, 7) is 6.76. The predicted molar refractivity (Wildman–Crippen MR) is 78.3 cm³/mol. The van der Waals surface area contributed by atoms with Crippen LogP contribution in [0.2, 0.25) is 0 Å². The first-order chi connectivity index (χ1) is 9.06. The molecule has 0 aliphatic carbocycles. The van der Waals surface area contributed by atoms with Gasteiger partial charge in [-0.2, -0.15) is 0 Å². The molecule has 4 nitrogen and oxygen atoms in total. The molecule has 0 amide bonds. The average Bonchev–Trinajstić information content (AvgIpc) is 2.35. The molecule has 0 spiro atoms. The maximum absolute atomic E-state index is 8.94. The van der Waals surface area contributed by atoms with Gasteiger partial charge in [-0.15, -0.1) is 0 Å². The van der Waals surface area contributed by atoms with Crippen LogP contribution in [0, 0.1) is 0 Å². The highest BCUT2D eigenvalue weighted by Crippen LogP contribution is 2.20. The van der Waals surface area contributed by atoms with Crippen molar-refractivity contribution in [1.29, 1.82) is 0 Å². The molecule has 0 heterocycles. The van der Waals surface area contributed by atoms with Gasteiger partial charge in [0.1, 0.15) is 5.75 Å². The van der Waals surface area contributed by atoms with Crippen LogP contribution in [0.4, 0.5) is 0 Å². The van der Waals surface area contributed by atoms with E-state index < -0.39 is 0 Å². The van der Waals surface area contributed by atoms with Gasteiger partial charge in [0.05, 0.1) is 6.10 Å². The zero-order valence-corrected chi connectivity index (χ0v) is 12.1. The smallest absolute Gasteiger partial charge is 0.120 e. The van der Waals surface area contributed by atoms with Gasteiger partial charge in [-0.25, -0.2) is 0 Å². The van der Waals surface area contributed by atoms with Crippen LogP contribution in [0.3, 0.4) is 0 Å². The SMILES string of the molecule is CC(CCO)NC(CN)c1cccc(OC(C)C)c1. The van der Waals surface area contributed by atoms with E-state index >= 15 is 0 Å². The Labute approximate surface area is 116 Å². The van der Waals surface area contributed by atoms with E-state index in [1.54, 1.807) is 0 Å². The number of aliphatic hydroxyl groups is 1. The number of hydrogen-bond donors (Lipinski definition) is 3. The van der Waals surface area contributed by atoms with Gasteiger partial charge < -0.3 is 20.9 Å². The second-order valence-corrected chi connectivity index (χ2v) is 5.11. The molecule has 1 aromatic carbocycles. The topological polar surface area (TPSA) is 67.5 Å². The Hall–Kier alpha value is -1.10. The Morgan fingerprint density at radius 2 is 2.05 bits per heavy atom. The zero-order valence-electron chi connectivity index (χ0n) is 12.1. The van der Waals surface area contributed by atoms with Crippen LogP contribution in [0.15, 0.2) is 24.3 Å². The Bertz CT molecular complexity index is 369. The molecule has 0 aliphatic rings. The fraction of sp³-hybridized carbons (Fsp3) is 0.600. The standard InChI is InChI=1S/C15H26N2O2/c1-11(2)19-14-6-4-5-13(9-14)15(10-16)17-12(3)7-8-18/h4-6,9,11-12,15,17-18H,7-8,10,16H2,1-3H3. The van der Waals surface area contributed by atoms with Crippen LogP contribution in [-0.4, -0.2) is 30.4 Å². The van der Waals surface area contributed by atoms with Gasteiger partial charge in [0.15, 0.2) is 0 Å². The fourth-order valence-electron chi connectivity index (χ4n) is 2.00. The van der Waals surface area contributed by atoms with Crippen LogP contribution >= 0.6 is 0 Å². The van der Waals surface area contributed by atoms with Crippen molar-refractivity contribution in [3.05, 3.63) is 29.8 Å². The van der Waals surface area contributed by atoms with Crippen LogP contribution < -0.4 is 15.8 Å². The molecular formula is C15H26N2O2. The number of hydrogen-bond acceptors (Lipinski definition) is 4. The molecule has 19 heavy (non-hydrogen) atoms. The number of ether oxygens (including phenoxy) is 1. The lowest BCUT2D eigenvalue weighted by Gasteiger charge is -2.23. The molecule has 4 N–H and O–H groups in total. The van der Waals surface area contributed by atoms with Crippen LogP contribution in [0.1, 0.15) is 38.8 Å². The molecule has 0 saturated carbocycles. The molecule has 0 aliphatic heterocycles. The van der Waals surface area contributed by atoms with Crippen molar-refractivity contribution in [1.82, 2.24) is 5.32 Å². The van der Waals surface area contributed by atoms with Crippen molar-refractivity contribution in [3.63, 3.8) is 0 Å². The molecule has 0 bridgehead atoms. The maximum Gasteiger partial charge on any atom is 0.120 e. The highest BCUT2D eigenvalue weighted by atomic mass is 16.5. The second-order valence-electron chi connectivity index (χ2n) is 5.11. The van der Waals surface area contributed by atoms with E-state index in [2.05, 4.69) is 5.32 Å². The van der Waals surface area contributed by atoms with E-state index in [1.165, 1.54) is 0 Å². The molecule has 0 fully saturated rings. The minimum absolute atomic E-state index is 0.0808. The Morgan fingerprint density at radius 3 is 2.63 bits per heavy atom. The number of nitrogens with one attached hydrogen (secondary N) is 1. The highest BCUT2D eigenvalue weighted by Gasteiger charge is 2.13. The number of nitrogens with two attached hydrogens (primary N) is 1. The molecule has 1 rings (SSSR count). The van der Waals surface area contributed by atoms with Crippen molar-refractivity contribution in [2.75, 3.05) is 13.2 Å². The van der Waals surface area contributed by atoms with Gasteiger partial charge >= 0.3 is 0 Å². The molecule has 0 radical (unpaired) electrons. The van der Waals surface area contributed by atoms with Gasteiger partial charge in [-0.1, -0.05) is 12.1 Å². The normalized spacial score (nSPS) is 14.4. The van der Waals surface area contributed by atoms with Crippen LogP contribution in [0.5, 0.6) is 5.75 Å². The highest BCUT2D eigenvalue weighted by molar-refractivity contribution is 5.31. The summed E-state index contributed by atoms with van der Waals surface area (Å²) in [5.41, 5.74) is 6.95. The van der Waals surface area contributed by atoms with E-state index in [9.17, 15) is 0 Å². The Morgan fingerprint density at radius 1 is 1.32 bits per heavy atom. The number of rotatable bonds is 8. The third-order valence-electron chi connectivity index (χ3n) is 2.92. The molecule has 1 aromatic rings. The monoisotopic (exact) mass is 266 g/mol. The summed E-state index contributed by atoms with van der Waals surface area (Å²) < 4.78 is 5.69. The third-order valence-corrected chi connectivity index (χ3v) is 2.92. The third kappa shape index (κ3) is 5.59. The van der Waals surface area contributed by atoms with Crippen molar-refractivity contribution >= 4 is 0 Å². The first-order valence-corrected chi connectivity index (χ1v) is 6.90. The van der Waals surface area contributed by atoms with E-state index in [0.29, 0.717) is 6.54 Å². The summed E-state index contributed by atoms with van der Waals surface area (Å²) in [6, 6.07) is 8.31.